The van der Waals surface area contributed by atoms with Crippen molar-refractivity contribution < 1.29 is 4.79 Å². The number of carbonyl (C=O) groups excluding carboxylic acids is 1. The summed E-state index contributed by atoms with van der Waals surface area (Å²) < 4.78 is 1.91. The molecule has 0 bridgehead atoms. The molecule has 2 fully saturated rings. The summed E-state index contributed by atoms with van der Waals surface area (Å²) in [7, 11) is 1.94. The van der Waals surface area contributed by atoms with E-state index in [1.165, 1.54) is 0 Å². The van der Waals surface area contributed by atoms with Gasteiger partial charge in [-0.1, -0.05) is 0 Å². The van der Waals surface area contributed by atoms with Crippen LogP contribution in [0.5, 0.6) is 0 Å². The highest BCUT2D eigenvalue weighted by Gasteiger charge is 2.47. The maximum absolute atomic E-state index is 12.7. The van der Waals surface area contributed by atoms with Crippen LogP contribution < -0.4 is 0 Å². The third-order valence-electron chi connectivity index (χ3n) is 5.63. The van der Waals surface area contributed by atoms with E-state index in [9.17, 15) is 4.79 Å². The van der Waals surface area contributed by atoms with Gasteiger partial charge in [-0.2, -0.15) is 5.10 Å². The lowest BCUT2D eigenvalue weighted by Crippen LogP contribution is -2.48. The van der Waals surface area contributed by atoms with E-state index in [0.29, 0.717) is 5.91 Å². The highest BCUT2D eigenvalue weighted by molar-refractivity contribution is 5.83. The van der Waals surface area contributed by atoms with E-state index < -0.39 is 0 Å². The Kier molecular flexibility index (Phi) is 3.60. The van der Waals surface area contributed by atoms with Crippen LogP contribution >= 0.6 is 0 Å². The van der Waals surface area contributed by atoms with Gasteiger partial charge >= 0.3 is 0 Å². The molecular formula is C18H25N5O. The molecule has 4 heterocycles. The first-order chi connectivity index (χ1) is 11.5. The Labute approximate surface area is 142 Å². The van der Waals surface area contributed by atoms with Gasteiger partial charge in [0.1, 0.15) is 0 Å². The quantitative estimate of drug-likeness (QED) is 0.844. The van der Waals surface area contributed by atoms with Gasteiger partial charge in [-0.05, 0) is 45.7 Å². The Morgan fingerprint density at radius 2 is 2.08 bits per heavy atom. The van der Waals surface area contributed by atoms with Gasteiger partial charge in [0.15, 0.2) is 5.65 Å². The summed E-state index contributed by atoms with van der Waals surface area (Å²) >= 11 is 0. The predicted molar refractivity (Wildman–Crippen MR) is 91.7 cm³/mol. The van der Waals surface area contributed by atoms with Gasteiger partial charge in [0, 0.05) is 43.6 Å². The van der Waals surface area contributed by atoms with Crippen LogP contribution in [0.2, 0.25) is 0 Å². The number of amides is 1. The largest absolute Gasteiger partial charge is 0.345 e. The summed E-state index contributed by atoms with van der Waals surface area (Å²) in [5.74, 6) is 0.334. The lowest BCUT2D eigenvalue weighted by atomic mass is 9.78. The van der Waals surface area contributed by atoms with E-state index in [-0.39, 0.29) is 5.41 Å². The number of fused-ring (bicyclic) bond motifs is 1. The van der Waals surface area contributed by atoms with Gasteiger partial charge in [0.05, 0.1) is 11.6 Å². The normalized spacial score (nSPS) is 25.3. The summed E-state index contributed by atoms with van der Waals surface area (Å²) in [6.45, 7) is 7.63. The minimum Gasteiger partial charge on any atom is -0.345 e. The van der Waals surface area contributed by atoms with Gasteiger partial charge in [0.25, 0.3) is 0 Å². The van der Waals surface area contributed by atoms with Crippen LogP contribution in [0.4, 0.5) is 0 Å². The molecular weight excluding hydrogens is 302 g/mol. The average Bonchev–Trinajstić information content (AvgIpc) is 3.11. The van der Waals surface area contributed by atoms with Crippen molar-refractivity contribution in [2.45, 2.75) is 39.7 Å². The monoisotopic (exact) mass is 327 g/mol. The molecule has 0 radical (unpaired) electrons. The third-order valence-corrected chi connectivity index (χ3v) is 5.63. The van der Waals surface area contributed by atoms with E-state index >= 15 is 0 Å². The van der Waals surface area contributed by atoms with E-state index in [0.717, 1.165) is 68.0 Å². The zero-order valence-electron chi connectivity index (χ0n) is 14.7. The molecule has 2 aliphatic rings. The van der Waals surface area contributed by atoms with Crippen LogP contribution in [0.25, 0.3) is 5.65 Å². The first kappa shape index (κ1) is 15.6. The second kappa shape index (κ2) is 5.55. The lowest BCUT2D eigenvalue weighted by molar-refractivity contribution is -0.143. The molecule has 2 aromatic rings. The Hall–Kier alpha value is -1.95. The molecule has 1 spiro atoms. The summed E-state index contributed by atoms with van der Waals surface area (Å²) in [4.78, 5) is 21.6. The van der Waals surface area contributed by atoms with Gasteiger partial charge < -0.3 is 4.90 Å². The predicted octanol–water partition coefficient (Wildman–Crippen LogP) is 1.79. The minimum atomic E-state index is -0.158. The third kappa shape index (κ3) is 2.40. The van der Waals surface area contributed by atoms with Crippen molar-refractivity contribution in [3.05, 3.63) is 29.2 Å². The maximum atomic E-state index is 12.7. The maximum Gasteiger partial charge on any atom is 0.229 e. The highest BCUT2D eigenvalue weighted by Crippen LogP contribution is 2.40. The molecule has 4 rings (SSSR count). The van der Waals surface area contributed by atoms with Gasteiger partial charge in [0.2, 0.25) is 5.91 Å². The summed E-state index contributed by atoms with van der Waals surface area (Å²) in [6, 6.07) is 2.05. The fourth-order valence-corrected chi connectivity index (χ4v) is 4.41. The first-order valence-corrected chi connectivity index (χ1v) is 8.77. The molecule has 2 aromatic heterocycles. The molecule has 2 aliphatic heterocycles. The smallest absolute Gasteiger partial charge is 0.229 e. The van der Waals surface area contributed by atoms with Crippen molar-refractivity contribution in [3.63, 3.8) is 0 Å². The molecule has 6 heteroatoms. The molecule has 2 saturated heterocycles. The minimum absolute atomic E-state index is 0.158. The first-order valence-electron chi connectivity index (χ1n) is 8.77. The Morgan fingerprint density at radius 3 is 2.92 bits per heavy atom. The van der Waals surface area contributed by atoms with Gasteiger partial charge in [-0.15, -0.1) is 0 Å². The van der Waals surface area contributed by atoms with E-state index in [1.54, 1.807) is 0 Å². The molecule has 0 unspecified atom stereocenters. The number of hydrogen-bond donors (Lipinski definition) is 0. The van der Waals surface area contributed by atoms with Crippen LogP contribution in [0.3, 0.4) is 0 Å². The van der Waals surface area contributed by atoms with Crippen molar-refractivity contribution >= 4 is 11.6 Å². The molecule has 0 saturated carbocycles. The van der Waals surface area contributed by atoms with Gasteiger partial charge in [-0.25, -0.2) is 9.50 Å². The van der Waals surface area contributed by atoms with Gasteiger partial charge in [-0.3, -0.25) is 9.69 Å². The van der Waals surface area contributed by atoms with E-state index in [2.05, 4.69) is 21.9 Å². The van der Waals surface area contributed by atoms with Crippen LogP contribution in [-0.2, 0) is 11.3 Å². The fraction of sp³-hybridized carbons (Fsp3) is 0.611. The van der Waals surface area contributed by atoms with Crippen molar-refractivity contribution in [2.75, 3.05) is 26.7 Å². The summed E-state index contributed by atoms with van der Waals surface area (Å²) in [6.07, 6.45) is 5.04. The topological polar surface area (TPSA) is 53.7 Å². The van der Waals surface area contributed by atoms with Crippen molar-refractivity contribution in [2.24, 2.45) is 5.41 Å². The number of hydrogen-bond acceptors (Lipinski definition) is 4. The molecule has 0 aromatic carbocycles. The van der Waals surface area contributed by atoms with E-state index in [4.69, 9.17) is 0 Å². The molecule has 0 N–H and O–H groups in total. The molecule has 128 valence electrons. The number of aryl methyl sites for hydroxylation is 2. The molecule has 6 nitrogen and oxygen atoms in total. The lowest BCUT2D eigenvalue weighted by Gasteiger charge is -2.37. The summed E-state index contributed by atoms with van der Waals surface area (Å²) in [5.41, 5.74) is 4.06. The second-order valence-corrected chi connectivity index (χ2v) is 7.52. The highest BCUT2D eigenvalue weighted by atomic mass is 16.2. The zero-order valence-corrected chi connectivity index (χ0v) is 14.7. The molecule has 0 aliphatic carbocycles. The van der Waals surface area contributed by atoms with Crippen LogP contribution in [0.15, 0.2) is 12.3 Å². The van der Waals surface area contributed by atoms with Crippen LogP contribution in [0.1, 0.15) is 36.2 Å². The molecule has 1 amide bonds. The Bertz CT molecular complexity index is 798. The number of likely N-dealkylation sites (tertiary alicyclic amines) is 2. The Morgan fingerprint density at radius 1 is 1.25 bits per heavy atom. The molecule has 1 atom stereocenters. The second-order valence-electron chi connectivity index (χ2n) is 7.52. The average molecular weight is 327 g/mol. The number of aromatic nitrogens is 3. The standard InChI is InChI=1S/C18H25N5O/c1-13-9-14(2)23-16(20-13)15(10-19-23)11-22-8-6-18(12-22)5-4-7-21(3)17(18)24/h9-10H,4-8,11-12H2,1-3H3/t18-/m0/s1. The Balaban J connectivity index is 1.56. The number of piperidine rings is 1. The zero-order chi connectivity index (χ0) is 16.9. The SMILES string of the molecule is Cc1cc(C)n2ncc(CN3CC[C@@]4(CCCN(C)C4=O)C3)c2n1. The number of rotatable bonds is 2. The van der Waals surface area contributed by atoms with E-state index in [1.807, 2.05) is 35.6 Å². The van der Waals surface area contributed by atoms with Crippen LogP contribution in [-0.4, -0.2) is 57.0 Å². The van der Waals surface area contributed by atoms with Crippen molar-refractivity contribution in [3.8, 4) is 0 Å². The number of nitrogens with zero attached hydrogens (tertiary/aromatic N) is 5. The van der Waals surface area contributed by atoms with Crippen LogP contribution in [0, 0.1) is 19.3 Å². The van der Waals surface area contributed by atoms with Crippen molar-refractivity contribution in [1.82, 2.24) is 24.4 Å². The fourth-order valence-electron chi connectivity index (χ4n) is 4.41. The molecule has 24 heavy (non-hydrogen) atoms. The van der Waals surface area contributed by atoms with Crippen molar-refractivity contribution in [1.29, 1.82) is 0 Å². The summed E-state index contributed by atoms with van der Waals surface area (Å²) in [5, 5.41) is 4.48. The number of carbonyl (C=O) groups is 1.